The Morgan fingerprint density at radius 3 is 2.74 bits per heavy atom. The summed E-state index contributed by atoms with van der Waals surface area (Å²) in [6.07, 6.45) is -1.06. The molecule has 1 fully saturated rings. The summed E-state index contributed by atoms with van der Waals surface area (Å²) in [5, 5.41) is 16.5. The molecule has 13 heteroatoms. The third-order valence-electron chi connectivity index (χ3n) is 5.81. The topological polar surface area (TPSA) is 128 Å². The minimum absolute atomic E-state index is 0.00701. The SMILES string of the molecule is Cc1nc2ccc(-c3ccn4nc(NC5CC(OCCO)C5)nc(N)c34)nc2n1CC(F)(F)F. The third kappa shape index (κ3) is 4.23. The van der Waals surface area contributed by atoms with Crippen molar-refractivity contribution in [2.75, 3.05) is 24.3 Å². The van der Waals surface area contributed by atoms with E-state index in [9.17, 15) is 13.2 Å². The Kier molecular flexibility index (Phi) is 5.52. The number of fused-ring (bicyclic) bond motifs is 2. The minimum Gasteiger partial charge on any atom is -0.394 e. The van der Waals surface area contributed by atoms with E-state index >= 15 is 0 Å². The number of alkyl halides is 3. The van der Waals surface area contributed by atoms with Gasteiger partial charge in [-0.3, -0.25) is 0 Å². The molecular formula is C21H23F3N8O2. The van der Waals surface area contributed by atoms with Crippen LogP contribution in [0.25, 0.3) is 27.9 Å². The highest BCUT2D eigenvalue weighted by molar-refractivity contribution is 5.88. The Hall–Kier alpha value is -3.45. The third-order valence-corrected chi connectivity index (χ3v) is 5.81. The van der Waals surface area contributed by atoms with Crippen LogP contribution in [-0.2, 0) is 11.3 Å². The predicted octanol–water partition coefficient (Wildman–Crippen LogP) is 2.55. The maximum absolute atomic E-state index is 13.1. The maximum atomic E-state index is 13.1. The van der Waals surface area contributed by atoms with Crippen molar-refractivity contribution in [3.63, 3.8) is 0 Å². The number of hydrogen-bond donors (Lipinski definition) is 3. The van der Waals surface area contributed by atoms with Gasteiger partial charge in [0.2, 0.25) is 5.95 Å². The Labute approximate surface area is 191 Å². The number of aliphatic hydroxyl groups excluding tert-OH is 1. The van der Waals surface area contributed by atoms with Crippen molar-refractivity contribution in [1.82, 2.24) is 29.1 Å². The molecule has 180 valence electrons. The van der Waals surface area contributed by atoms with Crippen LogP contribution in [0.15, 0.2) is 24.4 Å². The van der Waals surface area contributed by atoms with Crippen LogP contribution in [0.2, 0.25) is 0 Å². The Morgan fingerprint density at radius 2 is 2.00 bits per heavy atom. The second-order valence-corrected chi connectivity index (χ2v) is 8.27. The fourth-order valence-electron chi connectivity index (χ4n) is 4.17. The summed E-state index contributed by atoms with van der Waals surface area (Å²) in [7, 11) is 0. The number of nitrogen functional groups attached to an aromatic ring is 1. The molecule has 0 radical (unpaired) electrons. The normalized spacial score (nSPS) is 18.5. The molecular weight excluding hydrogens is 453 g/mol. The molecule has 1 aliphatic carbocycles. The van der Waals surface area contributed by atoms with Crippen LogP contribution >= 0.6 is 0 Å². The number of halogens is 3. The van der Waals surface area contributed by atoms with Gasteiger partial charge in [-0.1, -0.05) is 0 Å². The molecule has 4 aromatic rings. The van der Waals surface area contributed by atoms with Crippen molar-refractivity contribution in [3.05, 3.63) is 30.2 Å². The van der Waals surface area contributed by atoms with Gasteiger partial charge in [-0.15, -0.1) is 5.10 Å². The number of nitrogens with zero attached hydrogens (tertiary/aromatic N) is 6. The van der Waals surface area contributed by atoms with E-state index in [1.807, 2.05) is 0 Å². The standard InChI is InChI=1S/C21H23F3N8O2/c1-11-26-16-3-2-15(28-19(16)31(11)10-21(22,23)24)14-4-5-32-17(14)18(25)29-20(30-32)27-12-8-13(9-12)34-7-6-33/h2-5,12-13,33H,6-10H2,1H3,(H3,25,27,29,30). The number of ether oxygens (including phenoxy) is 1. The molecule has 5 rings (SSSR count). The van der Waals surface area contributed by atoms with Crippen molar-refractivity contribution in [1.29, 1.82) is 0 Å². The number of rotatable bonds is 7. The monoisotopic (exact) mass is 476 g/mol. The van der Waals surface area contributed by atoms with E-state index in [0.717, 1.165) is 17.4 Å². The van der Waals surface area contributed by atoms with Crippen LogP contribution in [0.3, 0.4) is 0 Å². The number of aromatic nitrogens is 6. The zero-order valence-corrected chi connectivity index (χ0v) is 18.2. The first-order valence-electron chi connectivity index (χ1n) is 10.8. The summed E-state index contributed by atoms with van der Waals surface area (Å²) >= 11 is 0. The van der Waals surface area contributed by atoms with Crippen LogP contribution in [0.5, 0.6) is 0 Å². The molecule has 1 saturated carbocycles. The lowest BCUT2D eigenvalue weighted by Crippen LogP contribution is -2.41. The van der Waals surface area contributed by atoms with E-state index in [2.05, 4.69) is 25.4 Å². The number of nitrogens with two attached hydrogens (primary N) is 1. The van der Waals surface area contributed by atoms with Crippen LogP contribution in [0.4, 0.5) is 24.9 Å². The highest BCUT2D eigenvalue weighted by Crippen LogP contribution is 2.31. The van der Waals surface area contributed by atoms with Gasteiger partial charge in [0, 0.05) is 17.8 Å². The molecule has 0 unspecified atom stereocenters. The van der Waals surface area contributed by atoms with E-state index in [1.165, 1.54) is 6.92 Å². The minimum atomic E-state index is -4.40. The first-order chi connectivity index (χ1) is 16.2. The van der Waals surface area contributed by atoms with Gasteiger partial charge in [-0.2, -0.15) is 18.2 Å². The van der Waals surface area contributed by atoms with Crippen molar-refractivity contribution >= 4 is 28.4 Å². The fraction of sp³-hybridized carbons (Fsp3) is 0.429. The van der Waals surface area contributed by atoms with E-state index in [-0.39, 0.29) is 36.0 Å². The summed E-state index contributed by atoms with van der Waals surface area (Å²) in [4.78, 5) is 13.0. The molecule has 4 N–H and O–H groups in total. The van der Waals surface area contributed by atoms with Gasteiger partial charge in [0.1, 0.15) is 23.4 Å². The van der Waals surface area contributed by atoms with Crippen LogP contribution in [-0.4, -0.2) is 65.8 Å². The van der Waals surface area contributed by atoms with Crippen molar-refractivity contribution in [2.24, 2.45) is 0 Å². The smallest absolute Gasteiger partial charge is 0.394 e. The molecule has 0 atom stereocenters. The van der Waals surface area contributed by atoms with Gasteiger partial charge in [-0.05, 0) is 38.0 Å². The first kappa shape index (κ1) is 22.3. The molecule has 4 aromatic heterocycles. The van der Waals surface area contributed by atoms with Gasteiger partial charge >= 0.3 is 6.18 Å². The van der Waals surface area contributed by atoms with E-state index in [1.54, 1.807) is 28.9 Å². The summed E-state index contributed by atoms with van der Waals surface area (Å²) in [5.41, 5.74) is 8.32. The number of aliphatic hydroxyl groups is 1. The van der Waals surface area contributed by atoms with Gasteiger partial charge in [-0.25, -0.2) is 14.5 Å². The Morgan fingerprint density at radius 1 is 1.21 bits per heavy atom. The van der Waals surface area contributed by atoms with E-state index in [4.69, 9.17) is 15.6 Å². The van der Waals surface area contributed by atoms with Crippen molar-refractivity contribution < 1.29 is 23.0 Å². The molecule has 0 spiro atoms. The number of hydrogen-bond acceptors (Lipinski definition) is 8. The van der Waals surface area contributed by atoms with Gasteiger partial charge in [0.05, 0.1) is 25.0 Å². The zero-order chi connectivity index (χ0) is 24.0. The van der Waals surface area contributed by atoms with Crippen molar-refractivity contribution in [3.8, 4) is 11.3 Å². The Bertz CT molecular complexity index is 1340. The zero-order valence-electron chi connectivity index (χ0n) is 18.2. The number of pyridine rings is 1. The fourth-order valence-corrected chi connectivity index (χ4v) is 4.17. The average Bonchev–Trinajstić information content (AvgIpc) is 3.30. The largest absolute Gasteiger partial charge is 0.406 e. The molecule has 0 aliphatic heterocycles. The van der Waals surface area contributed by atoms with Gasteiger partial charge < -0.3 is 25.5 Å². The number of aryl methyl sites for hydroxylation is 1. The molecule has 10 nitrogen and oxygen atoms in total. The number of anilines is 2. The second-order valence-electron chi connectivity index (χ2n) is 8.27. The lowest BCUT2D eigenvalue weighted by atomic mass is 9.89. The quantitative estimate of drug-likeness (QED) is 0.371. The molecule has 4 heterocycles. The molecule has 0 aromatic carbocycles. The number of imidazole rings is 1. The highest BCUT2D eigenvalue weighted by atomic mass is 19.4. The summed E-state index contributed by atoms with van der Waals surface area (Å²) in [5.74, 6) is 0.809. The molecule has 0 saturated heterocycles. The molecule has 1 aliphatic rings. The van der Waals surface area contributed by atoms with Crippen molar-refractivity contribution in [2.45, 2.75) is 44.6 Å². The lowest BCUT2D eigenvalue weighted by molar-refractivity contribution is -0.140. The van der Waals surface area contributed by atoms with Gasteiger partial charge in [0.25, 0.3) is 0 Å². The highest BCUT2D eigenvalue weighted by Gasteiger charge is 2.31. The first-order valence-corrected chi connectivity index (χ1v) is 10.8. The van der Waals surface area contributed by atoms with E-state index < -0.39 is 12.7 Å². The average molecular weight is 476 g/mol. The predicted molar refractivity (Wildman–Crippen MR) is 118 cm³/mol. The molecule has 0 bridgehead atoms. The lowest BCUT2D eigenvalue weighted by Gasteiger charge is -2.35. The summed E-state index contributed by atoms with van der Waals surface area (Å²) in [6, 6.07) is 5.21. The summed E-state index contributed by atoms with van der Waals surface area (Å²) < 4.78 is 47.3. The maximum Gasteiger partial charge on any atom is 0.406 e. The van der Waals surface area contributed by atoms with E-state index in [0.29, 0.717) is 34.8 Å². The van der Waals surface area contributed by atoms with Crippen LogP contribution in [0.1, 0.15) is 18.7 Å². The summed E-state index contributed by atoms with van der Waals surface area (Å²) in [6.45, 7) is 0.655. The van der Waals surface area contributed by atoms with Crippen LogP contribution < -0.4 is 11.1 Å². The molecule has 34 heavy (non-hydrogen) atoms. The van der Waals surface area contributed by atoms with Gasteiger partial charge in [0.15, 0.2) is 11.5 Å². The Balaban J connectivity index is 1.43. The molecule has 0 amide bonds. The van der Waals surface area contributed by atoms with Crippen LogP contribution in [0, 0.1) is 6.92 Å². The number of nitrogens with one attached hydrogen (secondary N) is 1. The second kappa shape index (κ2) is 8.40.